The summed E-state index contributed by atoms with van der Waals surface area (Å²) in [6.45, 7) is 14.3. The maximum absolute atomic E-state index is 13.3. The Balaban J connectivity index is 1.66. The topological polar surface area (TPSA) is 122 Å². The van der Waals surface area contributed by atoms with Crippen LogP contribution in [0.15, 0.2) is 119 Å². The molecule has 0 aromatic rings. The van der Waals surface area contributed by atoms with Gasteiger partial charge in [-0.25, -0.2) is 15.0 Å². The number of carbonyl (C=O) groups is 2. The summed E-state index contributed by atoms with van der Waals surface area (Å²) in [5, 5.41) is 15.2. The van der Waals surface area contributed by atoms with Crippen LogP contribution in [0.25, 0.3) is 0 Å². The van der Waals surface area contributed by atoms with Crippen LogP contribution in [0, 0.1) is 17.8 Å². The van der Waals surface area contributed by atoms with Gasteiger partial charge in [0, 0.05) is 46.4 Å². The van der Waals surface area contributed by atoms with Crippen molar-refractivity contribution in [2.45, 2.75) is 53.9 Å². The van der Waals surface area contributed by atoms with E-state index in [1.165, 1.54) is 14.2 Å². The number of aliphatic hydroxyl groups excluding tert-OH is 1. The average Bonchev–Trinajstić information content (AvgIpc) is 3.76. The Morgan fingerprint density at radius 2 is 1.71 bits per heavy atom. The standard InChI is InChI=1S/C36H38N4O5/c1-9-20-16(3)23-13-25-18(5)22(11-12-29(41)44-7)33(39-25)31-32(36(43)45-8)35(42)30-19(6)26(40-34(30)31)15-28-21(10-2)17(4)24(38-28)14-27(20)37-23/h9,13-15,18,22,32,39,42H,1,10-12H2,2-8H3/t18-,22-,32-/m0/s1. The first-order chi connectivity index (χ1) is 21.5. The number of rotatable bonds is 6. The van der Waals surface area contributed by atoms with Crippen LogP contribution in [0.5, 0.6) is 0 Å². The lowest BCUT2D eigenvalue weighted by atomic mass is 9.84. The molecule has 1 aliphatic carbocycles. The molecule has 9 nitrogen and oxygen atoms in total. The molecule has 6 rings (SSSR count). The zero-order valence-electron chi connectivity index (χ0n) is 26.8. The summed E-state index contributed by atoms with van der Waals surface area (Å²) in [6.07, 6.45) is 9.25. The van der Waals surface area contributed by atoms with Gasteiger partial charge in [-0.1, -0.05) is 26.5 Å². The normalized spacial score (nSPS) is 25.3. The van der Waals surface area contributed by atoms with E-state index in [2.05, 4.69) is 32.7 Å². The van der Waals surface area contributed by atoms with Crippen molar-refractivity contribution in [3.8, 4) is 0 Å². The van der Waals surface area contributed by atoms with Crippen LogP contribution in [-0.2, 0) is 19.1 Å². The lowest BCUT2D eigenvalue weighted by molar-refractivity contribution is -0.143. The minimum Gasteiger partial charge on any atom is -0.510 e. The van der Waals surface area contributed by atoms with Crippen LogP contribution in [0.3, 0.4) is 0 Å². The zero-order chi connectivity index (χ0) is 32.3. The summed E-state index contributed by atoms with van der Waals surface area (Å²) in [7, 11) is 2.69. The van der Waals surface area contributed by atoms with Crippen molar-refractivity contribution in [2.24, 2.45) is 32.7 Å². The van der Waals surface area contributed by atoms with Gasteiger partial charge in [0.25, 0.3) is 0 Å². The Morgan fingerprint density at radius 3 is 2.38 bits per heavy atom. The molecule has 232 valence electrons. The maximum Gasteiger partial charge on any atom is 0.321 e. The SMILES string of the molecule is C=CC1=C(C)C2=NC1=CC1=NC(=CC3=C(C)C4=C(O)[C@@H](C(=O)OC)C(=C5NC(=C2)[C@@H](C)[C@@H]5CCC(=O)OC)C4=N3)C(CC)=C1C. The van der Waals surface area contributed by atoms with E-state index in [4.69, 9.17) is 24.5 Å². The summed E-state index contributed by atoms with van der Waals surface area (Å²) in [5.41, 5.74) is 12.0. The first kappa shape index (κ1) is 30.2. The van der Waals surface area contributed by atoms with Crippen LogP contribution in [-0.4, -0.2) is 48.4 Å². The van der Waals surface area contributed by atoms with Gasteiger partial charge >= 0.3 is 11.9 Å². The van der Waals surface area contributed by atoms with Crippen molar-refractivity contribution in [3.63, 3.8) is 0 Å². The van der Waals surface area contributed by atoms with Crippen molar-refractivity contribution in [1.82, 2.24) is 5.32 Å². The lowest BCUT2D eigenvalue weighted by Crippen LogP contribution is -2.25. The molecular formula is C36H38N4O5. The number of esters is 2. The van der Waals surface area contributed by atoms with Gasteiger partial charge in [0.15, 0.2) is 0 Å². The second-order valence-corrected chi connectivity index (χ2v) is 12.0. The number of carbonyl (C=O) groups excluding carboxylic acids is 2. The number of aliphatic imine (C=N–C) groups is 3. The number of methoxy groups -OCH3 is 2. The molecular weight excluding hydrogens is 568 g/mol. The first-order valence-electron chi connectivity index (χ1n) is 15.3. The average molecular weight is 607 g/mol. The minimum atomic E-state index is -1.06. The molecule has 9 heteroatoms. The van der Waals surface area contributed by atoms with Crippen LogP contribution >= 0.6 is 0 Å². The second kappa shape index (κ2) is 11.3. The smallest absolute Gasteiger partial charge is 0.321 e. The predicted molar refractivity (Wildman–Crippen MR) is 174 cm³/mol. The van der Waals surface area contributed by atoms with Crippen molar-refractivity contribution >= 4 is 29.1 Å². The van der Waals surface area contributed by atoms with Gasteiger partial charge in [-0.15, -0.1) is 0 Å². The van der Waals surface area contributed by atoms with E-state index in [9.17, 15) is 14.7 Å². The van der Waals surface area contributed by atoms with Gasteiger partial charge in [0.1, 0.15) is 11.7 Å². The second-order valence-electron chi connectivity index (χ2n) is 12.0. The van der Waals surface area contributed by atoms with Gasteiger partial charge in [0.2, 0.25) is 0 Å². The summed E-state index contributed by atoms with van der Waals surface area (Å²) >= 11 is 0. The number of hydrogen-bond donors (Lipinski definition) is 2. The summed E-state index contributed by atoms with van der Waals surface area (Å²) in [5.74, 6) is -2.33. The number of fused-ring (bicyclic) bond motifs is 5. The maximum atomic E-state index is 13.3. The third-order valence-corrected chi connectivity index (χ3v) is 9.75. The van der Waals surface area contributed by atoms with Gasteiger partial charge in [0.05, 0.1) is 48.4 Å². The number of allylic oxidation sites excluding steroid dienone is 11. The fourth-order valence-electron chi connectivity index (χ4n) is 7.15. The number of aliphatic hydroxyl groups is 1. The van der Waals surface area contributed by atoms with E-state index in [1.807, 2.05) is 38.2 Å². The molecule has 1 saturated heterocycles. The van der Waals surface area contributed by atoms with E-state index in [0.29, 0.717) is 29.0 Å². The molecule has 0 saturated carbocycles. The molecule has 2 N–H and O–H groups in total. The lowest BCUT2D eigenvalue weighted by Gasteiger charge is -2.20. The molecule has 0 amide bonds. The van der Waals surface area contributed by atoms with Crippen molar-refractivity contribution < 1.29 is 24.2 Å². The molecule has 45 heavy (non-hydrogen) atoms. The monoisotopic (exact) mass is 606 g/mol. The van der Waals surface area contributed by atoms with Crippen molar-refractivity contribution in [3.05, 3.63) is 104 Å². The molecule has 0 aromatic carbocycles. The molecule has 0 aromatic heterocycles. The molecule has 0 spiro atoms. The quantitative estimate of drug-likeness (QED) is 0.348. The molecule has 5 aliphatic heterocycles. The molecule has 1 fully saturated rings. The Kier molecular flexibility index (Phi) is 7.59. The van der Waals surface area contributed by atoms with Crippen LogP contribution in [0.1, 0.15) is 53.9 Å². The van der Waals surface area contributed by atoms with Gasteiger partial charge in [-0.05, 0) is 74.1 Å². The first-order valence-corrected chi connectivity index (χ1v) is 15.3. The third kappa shape index (κ3) is 4.64. The molecule has 8 bridgehead atoms. The molecule has 0 radical (unpaired) electrons. The Morgan fingerprint density at radius 1 is 1.00 bits per heavy atom. The van der Waals surface area contributed by atoms with E-state index in [0.717, 1.165) is 68.5 Å². The zero-order valence-corrected chi connectivity index (χ0v) is 26.8. The van der Waals surface area contributed by atoms with Gasteiger partial charge in [-0.2, -0.15) is 0 Å². The summed E-state index contributed by atoms with van der Waals surface area (Å²) in [6, 6.07) is 0. The molecule has 0 unspecified atom stereocenters. The third-order valence-electron chi connectivity index (χ3n) is 9.75. The highest BCUT2D eigenvalue weighted by Gasteiger charge is 2.49. The Hall–Kier alpha value is -4.79. The Labute approximate surface area is 263 Å². The van der Waals surface area contributed by atoms with Crippen LogP contribution in [0.4, 0.5) is 0 Å². The number of hydrogen-bond acceptors (Lipinski definition) is 9. The highest BCUT2D eigenvalue weighted by molar-refractivity contribution is 6.24. The van der Waals surface area contributed by atoms with Crippen molar-refractivity contribution in [2.75, 3.05) is 14.2 Å². The minimum absolute atomic E-state index is 0.0802. The molecule has 5 heterocycles. The summed E-state index contributed by atoms with van der Waals surface area (Å²) in [4.78, 5) is 40.7. The number of nitrogens with one attached hydrogen (secondary N) is 1. The molecule has 3 atom stereocenters. The predicted octanol–water partition coefficient (Wildman–Crippen LogP) is 6.20. The number of nitrogens with zero attached hydrogens (tertiary/aromatic N) is 3. The van der Waals surface area contributed by atoms with E-state index >= 15 is 0 Å². The van der Waals surface area contributed by atoms with E-state index < -0.39 is 11.9 Å². The fourth-order valence-corrected chi connectivity index (χ4v) is 7.15. The van der Waals surface area contributed by atoms with E-state index in [-0.39, 0.29) is 30.0 Å². The van der Waals surface area contributed by atoms with Gasteiger partial charge < -0.3 is 19.9 Å². The van der Waals surface area contributed by atoms with E-state index in [1.54, 1.807) is 0 Å². The Bertz CT molecular complexity index is 1830. The highest BCUT2D eigenvalue weighted by Crippen LogP contribution is 2.49. The largest absolute Gasteiger partial charge is 0.510 e. The number of ether oxygens (including phenoxy) is 2. The fraction of sp³-hybridized carbons (Fsp3) is 0.361. The highest BCUT2D eigenvalue weighted by atomic mass is 16.5. The molecule has 6 aliphatic rings. The van der Waals surface area contributed by atoms with Gasteiger partial charge in [-0.3, -0.25) is 9.59 Å². The van der Waals surface area contributed by atoms with Crippen LogP contribution < -0.4 is 5.32 Å². The van der Waals surface area contributed by atoms with Crippen molar-refractivity contribution in [1.29, 1.82) is 0 Å². The van der Waals surface area contributed by atoms with Crippen LogP contribution in [0.2, 0.25) is 0 Å². The summed E-state index contributed by atoms with van der Waals surface area (Å²) < 4.78 is 10.2.